The first kappa shape index (κ1) is 12.9. The lowest BCUT2D eigenvalue weighted by Crippen LogP contribution is -2.23. The molecule has 0 spiro atoms. The summed E-state index contributed by atoms with van der Waals surface area (Å²) in [5.74, 6) is -0.0748. The van der Waals surface area contributed by atoms with Crippen LogP contribution in [-0.2, 0) is 26.7 Å². The molecule has 0 aliphatic carbocycles. The molecule has 1 amide bonds. The highest BCUT2D eigenvalue weighted by atomic mass is 16.1. The van der Waals surface area contributed by atoms with Gasteiger partial charge in [0.15, 0.2) is 0 Å². The number of aromatic nitrogens is 2. The van der Waals surface area contributed by atoms with Crippen LogP contribution in [-0.4, -0.2) is 15.7 Å². The molecule has 0 saturated carbocycles. The third kappa shape index (κ3) is 2.44. The lowest BCUT2D eigenvalue weighted by Gasteiger charge is -2.06. The number of carbonyl (C=O) groups is 1. The van der Waals surface area contributed by atoms with E-state index in [0.29, 0.717) is 12.1 Å². The average molecular weight is 270 g/mol. The number of nitrogens with zero attached hydrogens (tertiary/aromatic N) is 2. The lowest BCUT2D eigenvalue weighted by atomic mass is 10.1. The Labute approximate surface area is 118 Å². The Kier molecular flexibility index (Phi) is 3.28. The van der Waals surface area contributed by atoms with Gasteiger partial charge in [-0.05, 0) is 23.6 Å². The molecule has 5 nitrogen and oxygen atoms in total. The van der Waals surface area contributed by atoms with Crippen LogP contribution in [0.5, 0.6) is 0 Å². The number of aryl methyl sites for hydroxylation is 2. The summed E-state index contributed by atoms with van der Waals surface area (Å²) in [6, 6.07) is 6.36. The van der Waals surface area contributed by atoms with Crippen LogP contribution in [0.2, 0.25) is 0 Å². The zero-order chi connectivity index (χ0) is 14.1. The molecule has 20 heavy (non-hydrogen) atoms. The maximum Gasteiger partial charge on any atom is 0.255 e. The van der Waals surface area contributed by atoms with Gasteiger partial charge in [-0.15, -0.1) is 0 Å². The van der Waals surface area contributed by atoms with Gasteiger partial charge in [-0.3, -0.25) is 9.48 Å². The van der Waals surface area contributed by atoms with Crippen LogP contribution in [0.4, 0.5) is 0 Å². The Bertz CT molecular complexity index is 660. The second-order valence-electron chi connectivity index (χ2n) is 5.19. The molecule has 3 rings (SSSR count). The fraction of sp³-hybridized carbons (Fsp3) is 0.333. The molecule has 0 bridgehead atoms. The van der Waals surface area contributed by atoms with Crippen molar-refractivity contribution < 1.29 is 4.79 Å². The summed E-state index contributed by atoms with van der Waals surface area (Å²) in [6.07, 6.45) is 1.75. The molecular weight excluding hydrogens is 252 g/mol. The van der Waals surface area contributed by atoms with Crippen molar-refractivity contribution in [2.45, 2.75) is 26.6 Å². The summed E-state index contributed by atoms with van der Waals surface area (Å²) in [5, 5.41) is 10.4. The first-order valence-electron chi connectivity index (χ1n) is 6.73. The molecule has 1 aromatic carbocycles. The predicted octanol–water partition coefficient (Wildman–Crippen LogP) is 1.26. The molecule has 1 aliphatic rings. The van der Waals surface area contributed by atoms with Crippen LogP contribution in [0.1, 0.15) is 32.7 Å². The van der Waals surface area contributed by atoms with E-state index in [4.69, 9.17) is 0 Å². The maximum atomic E-state index is 12.1. The quantitative estimate of drug-likeness (QED) is 0.883. The number of nitrogens with one attached hydrogen (secondary N) is 2. The zero-order valence-corrected chi connectivity index (χ0v) is 11.7. The summed E-state index contributed by atoms with van der Waals surface area (Å²) in [4.78, 5) is 12.1. The zero-order valence-electron chi connectivity index (χ0n) is 11.7. The van der Waals surface area contributed by atoms with E-state index >= 15 is 0 Å². The van der Waals surface area contributed by atoms with Gasteiger partial charge in [-0.1, -0.05) is 18.2 Å². The highest BCUT2D eigenvalue weighted by Gasteiger charge is 2.13. The van der Waals surface area contributed by atoms with Gasteiger partial charge in [0, 0.05) is 32.9 Å². The van der Waals surface area contributed by atoms with Gasteiger partial charge in [0.25, 0.3) is 5.91 Å². The smallest absolute Gasteiger partial charge is 0.255 e. The average Bonchev–Trinajstić information content (AvgIpc) is 3.01. The van der Waals surface area contributed by atoms with E-state index in [1.165, 1.54) is 11.1 Å². The van der Waals surface area contributed by atoms with Gasteiger partial charge in [0.1, 0.15) is 0 Å². The van der Waals surface area contributed by atoms with Crippen LogP contribution < -0.4 is 10.6 Å². The highest BCUT2D eigenvalue weighted by molar-refractivity contribution is 5.94. The summed E-state index contributed by atoms with van der Waals surface area (Å²) in [7, 11) is 1.82. The van der Waals surface area contributed by atoms with Crippen LogP contribution >= 0.6 is 0 Å². The van der Waals surface area contributed by atoms with E-state index in [2.05, 4.69) is 33.9 Å². The highest BCUT2D eigenvalue weighted by Crippen LogP contribution is 2.17. The number of benzene rings is 1. The van der Waals surface area contributed by atoms with Crippen molar-refractivity contribution in [1.82, 2.24) is 20.4 Å². The molecule has 0 atom stereocenters. The van der Waals surface area contributed by atoms with Crippen molar-refractivity contribution in [3.05, 3.63) is 52.3 Å². The van der Waals surface area contributed by atoms with Gasteiger partial charge in [-0.25, -0.2) is 0 Å². The van der Waals surface area contributed by atoms with Crippen LogP contribution in [0.25, 0.3) is 0 Å². The molecule has 0 unspecified atom stereocenters. The van der Waals surface area contributed by atoms with E-state index in [0.717, 1.165) is 24.3 Å². The number of rotatable bonds is 3. The van der Waals surface area contributed by atoms with Gasteiger partial charge < -0.3 is 10.6 Å². The number of amides is 1. The Morgan fingerprint density at radius 2 is 2.20 bits per heavy atom. The number of hydrogen-bond donors (Lipinski definition) is 2. The monoisotopic (exact) mass is 270 g/mol. The predicted molar refractivity (Wildman–Crippen MR) is 76.1 cm³/mol. The first-order chi connectivity index (χ1) is 9.63. The minimum Gasteiger partial charge on any atom is -0.348 e. The van der Waals surface area contributed by atoms with E-state index < -0.39 is 0 Å². The molecule has 2 N–H and O–H groups in total. The molecule has 2 heterocycles. The second-order valence-corrected chi connectivity index (χ2v) is 5.19. The number of hydrogen-bond acceptors (Lipinski definition) is 3. The molecule has 2 aromatic rings. The molecule has 0 radical (unpaired) electrons. The van der Waals surface area contributed by atoms with Crippen molar-refractivity contribution in [3.63, 3.8) is 0 Å². The molecule has 1 aromatic heterocycles. The molecule has 5 heteroatoms. The third-order valence-electron chi connectivity index (χ3n) is 3.61. The van der Waals surface area contributed by atoms with Gasteiger partial charge >= 0.3 is 0 Å². The molecular formula is C15H18N4O. The summed E-state index contributed by atoms with van der Waals surface area (Å²) in [5.41, 5.74) is 5.19. The molecule has 1 aliphatic heterocycles. The fourth-order valence-electron chi connectivity index (χ4n) is 2.56. The van der Waals surface area contributed by atoms with Crippen molar-refractivity contribution in [2.24, 2.45) is 7.05 Å². The van der Waals surface area contributed by atoms with Crippen molar-refractivity contribution in [2.75, 3.05) is 0 Å². The Hall–Kier alpha value is -2.14. The summed E-state index contributed by atoms with van der Waals surface area (Å²) in [6.45, 7) is 4.24. The van der Waals surface area contributed by atoms with E-state index in [1.54, 1.807) is 10.9 Å². The van der Waals surface area contributed by atoms with Crippen LogP contribution in [0.15, 0.2) is 24.4 Å². The maximum absolute atomic E-state index is 12.1. The molecule has 0 fully saturated rings. The fourth-order valence-corrected chi connectivity index (χ4v) is 2.56. The van der Waals surface area contributed by atoms with E-state index in [-0.39, 0.29) is 5.91 Å². The van der Waals surface area contributed by atoms with Gasteiger partial charge in [-0.2, -0.15) is 5.10 Å². The standard InChI is InChI=1S/C15H18N4O/c1-10-14(9-19(2)18-10)15(20)17-6-11-3-4-12-7-16-8-13(12)5-11/h3-5,9,16H,6-8H2,1-2H3,(H,17,20). The minimum atomic E-state index is -0.0748. The second kappa shape index (κ2) is 5.09. The SMILES string of the molecule is Cc1nn(C)cc1C(=O)NCc1ccc2c(c1)CNC2. The Balaban J connectivity index is 1.67. The van der Waals surface area contributed by atoms with Crippen molar-refractivity contribution in [3.8, 4) is 0 Å². The van der Waals surface area contributed by atoms with Gasteiger partial charge in [0.05, 0.1) is 11.3 Å². The summed E-state index contributed by atoms with van der Waals surface area (Å²) >= 11 is 0. The lowest BCUT2D eigenvalue weighted by molar-refractivity contribution is 0.0950. The van der Waals surface area contributed by atoms with Crippen molar-refractivity contribution >= 4 is 5.91 Å². The number of carbonyl (C=O) groups excluding carboxylic acids is 1. The van der Waals surface area contributed by atoms with Crippen molar-refractivity contribution in [1.29, 1.82) is 0 Å². The number of fused-ring (bicyclic) bond motifs is 1. The largest absolute Gasteiger partial charge is 0.348 e. The Morgan fingerprint density at radius 1 is 1.40 bits per heavy atom. The molecule has 104 valence electrons. The third-order valence-corrected chi connectivity index (χ3v) is 3.61. The van der Waals surface area contributed by atoms with Crippen LogP contribution in [0.3, 0.4) is 0 Å². The Morgan fingerprint density at radius 3 is 2.95 bits per heavy atom. The van der Waals surface area contributed by atoms with Gasteiger partial charge in [0.2, 0.25) is 0 Å². The van der Waals surface area contributed by atoms with Crippen LogP contribution in [0, 0.1) is 6.92 Å². The topological polar surface area (TPSA) is 59.0 Å². The first-order valence-corrected chi connectivity index (χ1v) is 6.73. The molecule has 0 saturated heterocycles. The normalized spacial score (nSPS) is 13.3. The minimum absolute atomic E-state index is 0.0748. The summed E-state index contributed by atoms with van der Waals surface area (Å²) < 4.78 is 1.66. The van der Waals surface area contributed by atoms with E-state index in [9.17, 15) is 4.79 Å². The van der Waals surface area contributed by atoms with E-state index in [1.807, 2.05) is 14.0 Å².